The molecule has 0 spiro atoms. The molecule has 2 nitrogen and oxygen atoms in total. The van der Waals surface area contributed by atoms with Crippen molar-refractivity contribution in [2.75, 3.05) is 11.9 Å². The molecule has 1 heterocycles. The normalized spacial score (nSPS) is 15.0. The maximum Gasteiger partial charge on any atom is 0.121 e. The van der Waals surface area contributed by atoms with Gasteiger partial charge in [-0.1, -0.05) is 32.0 Å². The lowest BCUT2D eigenvalue weighted by atomic mass is 9.72. The number of anilines is 2. The molecule has 0 saturated carbocycles. The first-order valence-electron chi connectivity index (χ1n) is 7.18. The van der Waals surface area contributed by atoms with Crippen LogP contribution in [0.3, 0.4) is 0 Å². The van der Waals surface area contributed by atoms with E-state index in [0.717, 1.165) is 11.4 Å². The molecule has 0 unspecified atom stereocenters. The lowest BCUT2D eigenvalue weighted by Crippen LogP contribution is -2.27. The molecule has 1 aliphatic rings. The Kier molecular flexibility index (Phi) is 2.97. The third-order valence-electron chi connectivity index (χ3n) is 4.14. The third-order valence-corrected chi connectivity index (χ3v) is 4.14. The van der Waals surface area contributed by atoms with E-state index in [1.54, 1.807) is 0 Å². The Bertz CT molecular complexity index is 658. The van der Waals surface area contributed by atoms with E-state index >= 15 is 0 Å². The predicted octanol–water partition coefficient (Wildman–Crippen LogP) is 4.78. The van der Waals surface area contributed by atoms with Gasteiger partial charge in [0.1, 0.15) is 5.75 Å². The summed E-state index contributed by atoms with van der Waals surface area (Å²) in [6.07, 6.45) is 0. The molecular formula is C18H21NO. The van der Waals surface area contributed by atoms with Gasteiger partial charge in [-0.25, -0.2) is 0 Å². The van der Waals surface area contributed by atoms with Crippen molar-refractivity contribution in [3.8, 4) is 5.75 Å². The van der Waals surface area contributed by atoms with Crippen LogP contribution in [0.4, 0.5) is 11.4 Å². The number of hydrogen-bond acceptors (Lipinski definition) is 2. The van der Waals surface area contributed by atoms with Gasteiger partial charge in [0.15, 0.2) is 0 Å². The van der Waals surface area contributed by atoms with Crippen molar-refractivity contribution in [2.45, 2.75) is 33.1 Å². The standard InChI is InChI=1S/C18H21NO/c1-5-20-13-9-10-14-16(11-13)19-15-8-6-7-12(2)17(15)18(14,3)4/h6-11,19H,5H2,1-4H3. The van der Waals surface area contributed by atoms with E-state index in [4.69, 9.17) is 4.74 Å². The molecule has 0 radical (unpaired) electrons. The molecule has 1 aliphatic heterocycles. The number of aryl methyl sites for hydroxylation is 1. The van der Waals surface area contributed by atoms with Crippen molar-refractivity contribution in [3.05, 3.63) is 53.1 Å². The van der Waals surface area contributed by atoms with Crippen LogP contribution in [-0.4, -0.2) is 6.61 Å². The molecule has 104 valence electrons. The Morgan fingerprint density at radius 2 is 1.90 bits per heavy atom. The van der Waals surface area contributed by atoms with E-state index in [2.05, 4.69) is 62.5 Å². The summed E-state index contributed by atoms with van der Waals surface area (Å²) in [6, 6.07) is 12.8. The summed E-state index contributed by atoms with van der Waals surface area (Å²) in [7, 11) is 0. The van der Waals surface area contributed by atoms with Crippen molar-refractivity contribution < 1.29 is 4.74 Å². The van der Waals surface area contributed by atoms with Gasteiger partial charge in [-0.05, 0) is 42.7 Å². The van der Waals surface area contributed by atoms with Gasteiger partial charge in [0.25, 0.3) is 0 Å². The lowest BCUT2D eigenvalue weighted by Gasteiger charge is -2.37. The molecule has 1 N–H and O–H groups in total. The van der Waals surface area contributed by atoms with Crippen molar-refractivity contribution >= 4 is 11.4 Å². The minimum Gasteiger partial charge on any atom is -0.494 e. The molecule has 2 aromatic rings. The molecule has 0 atom stereocenters. The number of benzene rings is 2. The van der Waals surface area contributed by atoms with Gasteiger partial charge in [-0.3, -0.25) is 0 Å². The fourth-order valence-electron chi connectivity index (χ4n) is 3.31. The van der Waals surface area contributed by atoms with Gasteiger partial charge < -0.3 is 10.1 Å². The molecule has 0 amide bonds. The molecular weight excluding hydrogens is 246 g/mol. The monoisotopic (exact) mass is 267 g/mol. The van der Waals surface area contributed by atoms with Crippen LogP contribution in [0.15, 0.2) is 36.4 Å². The molecule has 0 saturated heterocycles. The van der Waals surface area contributed by atoms with Gasteiger partial charge in [0.2, 0.25) is 0 Å². The summed E-state index contributed by atoms with van der Waals surface area (Å²) in [5, 5.41) is 3.56. The highest BCUT2D eigenvalue weighted by Crippen LogP contribution is 2.47. The topological polar surface area (TPSA) is 21.3 Å². The minimum absolute atomic E-state index is 0.00596. The number of ether oxygens (including phenoxy) is 1. The largest absolute Gasteiger partial charge is 0.494 e. The Balaban J connectivity index is 2.16. The first kappa shape index (κ1) is 13.0. The lowest BCUT2D eigenvalue weighted by molar-refractivity contribution is 0.340. The molecule has 2 aromatic carbocycles. The van der Waals surface area contributed by atoms with Crippen LogP contribution in [0.25, 0.3) is 0 Å². The SMILES string of the molecule is CCOc1ccc2c(c1)Nc1cccc(C)c1C2(C)C. The van der Waals surface area contributed by atoms with E-state index in [1.807, 2.05) is 6.92 Å². The molecule has 3 rings (SSSR count). The van der Waals surface area contributed by atoms with Crippen LogP contribution in [0, 0.1) is 6.92 Å². The zero-order valence-corrected chi connectivity index (χ0v) is 12.6. The number of rotatable bonds is 2. The first-order valence-corrected chi connectivity index (χ1v) is 7.18. The van der Waals surface area contributed by atoms with Crippen LogP contribution in [0.5, 0.6) is 5.75 Å². The maximum absolute atomic E-state index is 5.61. The summed E-state index contributed by atoms with van der Waals surface area (Å²) in [6.45, 7) is 9.47. The molecule has 0 fully saturated rings. The smallest absolute Gasteiger partial charge is 0.121 e. The average Bonchev–Trinajstić information content (AvgIpc) is 2.38. The third kappa shape index (κ3) is 1.87. The predicted molar refractivity (Wildman–Crippen MR) is 84.2 cm³/mol. The average molecular weight is 267 g/mol. The highest BCUT2D eigenvalue weighted by atomic mass is 16.5. The first-order chi connectivity index (χ1) is 9.54. The second-order valence-electron chi connectivity index (χ2n) is 5.89. The molecule has 2 heteroatoms. The van der Waals surface area contributed by atoms with Crippen LogP contribution in [-0.2, 0) is 5.41 Å². The molecule has 0 aliphatic carbocycles. The van der Waals surface area contributed by atoms with E-state index in [-0.39, 0.29) is 5.41 Å². The minimum atomic E-state index is 0.00596. The Morgan fingerprint density at radius 1 is 1.10 bits per heavy atom. The highest BCUT2D eigenvalue weighted by molar-refractivity contribution is 5.77. The Morgan fingerprint density at radius 3 is 2.65 bits per heavy atom. The zero-order chi connectivity index (χ0) is 14.3. The second-order valence-corrected chi connectivity index (χ2v) is 5.89. The van der Waals surface area contributed by atoms with Crippen molar-refractivity contribution in [1.29, 1.82) is 0 Å². The Labute approximate surface area is 120 Å². The van der Waals surface area contributed by atoms with Crippen LogP contribution in [0.1, 0.15) is 37.5 Å². The highest BCUT2D eigenvalue weighted by Gasteiger charge is 2.33. The number of fused-ring (bicyclic) bond motifs is 2. The van der Waals surface area contributed by atoms with Crippen LogP contribution < -0.4 is 10.1 Å². The zero-order valence-electron chi connectivity index (χ0n) is 12.6. The summed E-state index contributed by atoms with van der Waals surface area (Å²) >= 11 is 0. The van der Waals surface area contributed by atoms with Crippen LogP contribution >= 0.6 is 0 Å². The number of hydrogen-bond donors (Lipinski definition) is 1. The fraction of sp³-hybridized carbons (Fsp3) is 0.333. The molecule has 0 bridgehead atoms. The number of nitrogens with one attached hydrogen (secondary N) is 1. The van der Waals surface area contributed by atoms with Gasteiger partial charge in [0, 0.05) is 22.9 Å². The fourth-order valence-corrected chi connectivity index (χ4v) is 3.31. The molecule has 20 heavy (non-hydrogen) atoms. The van der Waals surface area contributed by atoms with E-state index in [1.165, 1.54) is 22.4 Å². The van der Waals surface area contributed by atoms with E-state index in [0.29, 0.717) is 6.61 Å². The van der Waals surface area contributed by atoms with Gasteiger partial charge >= 0.3 is 0 Å². The summed E-state index contributed by atoms with van der Waals surface area (Å²) in [5.74, 6) is 0.922. The van der Waals surface area contributed by atoms with Gasteiger partial charge in [-0.2, -0.15) is 0 Å². The van der Waals surface area contributed by atoms with Crippen molar-refractivity contribution in [2.24, 2.45) is 0 Å². The second kappa shape index (κ2) is 4.55. The van der Waals surface area contributed by atoms with E-state index in [9.17, 15) is 0 Å². The van der Waals surface area contributed by atoms with Crippen LogP contribution in [0.2, 0.25) is 0 Å². The van der Waals surface area contributed by atoms with Crippen molar-refractivity contribution in [3.63, 3.8) is 0 Å². The summed E-state index contributed by atoms with van der Waals surface area (Å²) < 4.78 is 5.61. The maximum atomic E-state index is 5.61. The summed E-state index contributed by atoms with van der Waals surface area (Å²) in [4.78, 5) is 0. The molecule has 0 aromatic heterocycles. The van der Waals surface area contributed by atoms with E-state index < -0.39 is 0 Å². The summed E-state index contributed by atoms with van der Waals surface area (Å²) in [5.41, 5.74) is 6.40. The van der Waals surface area contributed by atoms with Gasteiger partial charge in [-0.15, -0.1) is 0 Å². The van der Waals surface area contributed by atoms with Gasteiger partial charge in [0.05, 0.1) is 6.61 Å². The Hall–Kier alpha value is -1.96. The van der Waals surface area contributed by atoms with Crippen molar-refractivity contribution in [1.82, 2.24) is 0 Å². The quantitative estimate of drug-likeness (QED) is 0.845.